The first kappa shape index (κ1) is 17.4. The maximum atomic E-state index is 6.45. The van der Waals surface area contributed by atoms with E-state index in [1.54, 1.807) is 0 Å². The molecule has 0 heterocycles. The van der Waals surface area contributed by atoms with E-state index >= 15 is 0 Å². The van der Waals surface area contributed by atoms with Crippen molar-refractivity contribution in [3.63, 3.8) is 0 Å². The monoisotopic (exact) mass is 275 g/mol. The standard InChI is InChI=1S/C13H33NOSi2/c1-12(10-14-4)11-17(8,9)13(2,3)15-16(5,6)7/h12,14H,10-11H2,1-9H3. The molecule has 1 N–H and O–H groups in total. The van der Waals surface area contributed by atoms with Crippen molar-refractivity contribution >= 4 is 16.4 Å². The first-order valence-electron chi connectivity index (χ1n) is 6.76. The molecule has 0 aliphatic heterocycles. The molecule has 0 aromatic rings. The van der Waals surface area contributed by atoms with Crippen LogP contribution in [0.1, 0.15) is 20.8 Å². The van der Waals surface area contributed by atoms with Gasteiger partial charge >= 0.3 is 0 Å². The molecule has 0 rings (SSSR count). The lowest BCUT2D eigenvalue weighted by molar-refractivity contribution is 0.175. The van der Waals surface area contributed by atoms with Gasteiger partial charge in [0.25, 0.3) is 0 Å². The van der Waals surface area contributed by atoms with Crippen LogP contribution in [0.2, 0.25) is 38.8 Å². The average Bonchev–Trinajstić information content (AvgIpc) is 1.97. The molecule has 0 radical (unpaired) electrons. The molecule has 1 unspecified atom stereocenters. The molecule has 0 saturated carbocycles. The fourth-order valence-electron chi connectivity index (χ4n) is 2.44. The van der Waals surface area contributed by atoms with Crippen molar-refractivity contribution in [3.05, 3.63) is 0 Å². The summed E-state index contributed by atoms with van der Waals surface area (Å²) in [6, 6.07) is 1.32. The van der Waals surface area contributed by atoms with Gasteiger partial charge in [0.15, 0.2) is 8.32 Å². The van der Waals surface area contributed by atoms with Gasteiger partial charge < -0.3 is 9.74 Å². The third-order valence-corrected chi connectivity index (χ3v) is 10.0. The maximum Gasteiger partial charge on any atom is 0.184 e. The predicted octanol–water partition coefficient (Wildman–Crippen LogP) is 3.72. The maximum absolute atomic E-state index is 6.45. The summed E-state index contributed by atoms with van der Waals surface area (Å²) in [5.74, 6) is 0.742. The smallest absolute Gasteiger partial charge is 0.184 e. The molecule has 0 amide bonds. The average molecular weight is 276 g/mol. The second-order valence-electron chi connectivity index (χ2n) is 7.48. The van der Waals surface area contributed by atoms with Crippen molar-refractivity contribution in [3.8, 4) is 0 Å². The molecule has 0 bridgehead atoms. The number of hydrogen-bond acceptors (Lipinski definition) is 2. The second kappa shape index (κ2) is 6.00. The van der Waals surface area contributed by atoms with E-state index in [9.17, 15) is 0 Å². The van der Waals surface area contributed by atoms with Gasteiger partial charge in [0, 0.05) is 5.22 Å². The minimum atomic E-state index is -1.45. The summed E-state index contributed by atoms with van der Waals surface area (Å²) in [7, 11) is -0.785. The summed E-state index contributed by atoms with van der Waals surface area (Å²) in [5.41, 5.74) is 0. The normalized spacial score (nSPS) is 16.1. The lowest BCUT2D eigenvalue weighted by atomic mass is 10.2. The fraction of sp³-hybridized carbons (Fsp3) is 1.00. The van der Waals surface area contributed by atoms with Gasteiger partial charge in [-0.3, -0.25) is 0 Å². The molecule has 0 fully saturated rings. The van der Waals surface area contributed by atoms with Crippen LogP contribution >= 0.6 is 0 Å². The van der Waals surface area contributed by atoms with E-state index in [-0.39, 0.29) is 5.22 Å². The zero-order valence-corrected chi connectivity index (χ0v) is 15.4. The molecule has 0 aliphatic carbocycles. The van der Waals surface area contributed by atoms with Crippen LogP contribution in [0.3, 0.4) is 0 Å². The van der Waals surface area contributed by atoms with E-state index in [0.717, 1.165) is 12.5 Å². The van der Waals surface area contributed by atoms with Crippen LogP contribution in [0.25, 0.3) is 0 Å². The SMILES string of the molecule is CNCC(C)C[Si](C)(C)C(C)(C)O[Si](C)(C)C. The largest absolute Gasteiger partial charge is 0.415 e. The Morgan fingerprint density at radius 2 is 1.59 bits per heavy atom. The molecular weight excluding hydrogens is 242 g/mol. The third-order valence-electron chi connectivity index (χ3n) is 3.60. The first-order valence-corrected chi connectivity index (χ1v) is 13.4. The molecule has 1 atom stereocenters. The van der Waals surface area contributed by atoms with Gasteiger partial charge in [0.1, 0.15) is 0 Å². The van der Waals surface area contributed by atoms with E-state index in [2.05, 4.69) is 58.8 Å². The lowest BCUT2D eigenvalue weighted by Crippen LogP contribution is -2.57. The van der Waals surface area contributed by atoms with Gasteiger partial charge in [-0.15, -0.1) is 0 Å². The van der Waals surface area contributed by atoms with Crippen LogP contribution < -0.4 is 5.32 Å². The molecule has 0 aromatic heterocycles. The van der Waals surface area contributed by atoms with E-state index in [1.165, 1.54) is 6.04 Å². The minimum absolute atomic E-state index is 0.0828. The first-order chi connectivity index (χ1) is 7.41. The van der Waals surface area contributed by atoms with Crippen molar-refractivity contribution < 1.29 is 4.43 Å². The van der Waals surface area contributed by atoms with Crippen LogP contribution in [0.4, 0.5) is 0 Å². The zero-order chi connectivity index (χ0) is 13.9. The van der Waals surface area contributed by atoms with Crippen molar-refractivity contribution in [1.29, 1.82) is 0 Å². The van der Waals surface area contributed by atoms with E-state index in [1.807, 2.05) is 7.05 Å². The minimum Gasteiger partial charge on any atom is -0.415 e. The quantitative estimate of drug-likeness (QED) is 0.715. The second-order valence-corrected chi connectivity index (χ2v) is 17.3. The Labute approximate surface area is 111 Å². The molecule has 2 nitrogen and oxygen atoms in total. The van der Waals surface area contributed by atoms with Crippen LogP contribution in [-0.2, 0) is 4.43 Å². The highest BCUT2D eigenvalue weighted by Gasteiger charge is 2.43. The van der Waals surface area contributed by atoms with Crippen molar-refractivity contribution in [2.75, 3.05) is 13.6 Å². The summed E-state index contributed by atoms with van der Waals surface area (Å²) in [5, 5.41) is 3.36. The zero-order valence-electron chi connectivity index (χ0n) is 13.4. The highest BCUT2D eigenvalue weighted by atomic mass is 28.4. The van der Waals surface area contributed by atoms with Crippen molar-refractivity contribution in [1.82, 2.24) is 5.32 Å². The van der Waals surface area contributed by atoms with Crippen LogP contribution in [0, 0.1) is 5.92 Å². The Kier molecular flexibility index (Phi) is 6.12. The molecule has 0 aliphatic rings. The van der Waals surface area contributed by atoms with Gasteiger partial charge in [-0.25, -0.2) is 0 Å². The van der Waals surface area contributed by atoms with Gasteiger partial charge in [-0.1, -0.05) is 26.1 Å². The number of nitrogens with one attached hydrogen (secondary N) is 1. The number of hydrogen-bond donors (Lipinski definition) is 1. The molecule has 0 aromatic carbocycles. The number of rotatable bonds is 7. The van der Waals surface area contributed by atoms with Gasteiger partial charge in [0.05, 0.1) is 8.07 Å². The summed E-state index contributed by atoms with van der Waals surface area (Å²) < 4.78 is 6.45. The predicted molar refractivity (Wildman–Crippen MR) is 83.9 cm³/mol. The van der Waals surface area contributed by atoms with Crippen LogP contribution in [0.15, 0.2) is 0 Å². The summed E-state index contributed by atoms with van der Waals surface area (Å²) in [4.78, 5) is 0. The molecule has 17 heavy (non-hydrogen) atoms. The Bertz CT molecular complexity index is 234. The third kappa shape index (κ3) is 6.18. The fourth-order valence-corrected chi connectivity index (χ4v) is 8.37. The van der Waals surface area contributed by atoms with Gasteiger partial charge in [-0.2, -0.15) is 0 Å². The summed E-state index contributed by atoms with van der Waals surface area (Å²) in [6.07, 6.45) is 0. The van der Waals surface area contributed by atoms with Crippen LogP contribution in [-0.4, -0.2) is 35.2 Å². The molecule has 104 valence electrons. The molecule has 4 heteroatoms. The summed E-state index contributed by atoms with van der Waals surface area (Å²) >= 11 is 0. The van der Waals surface area contributed by atoms with Crippen molar-refractivity contribution in [2.45, 2.75) is 64.8 Å². The van der Waals surface area contributed by atoms with Crippen LogP contribution in [0.5, 0.6) is 0 Å². The van der Waals surface area contributed by atoms with Gasteiger partial charge in [0.2, 0.25) is 0 Å². The van der Waals surface area contributed by atoms with E-state index < -0.39 is 16.4 Å². The Balaban J connectivity index is 4.66. The van der Waals surface area contributed by atoms with E-state index in [0.29, 0.717) is 0 Å². The Morgan fingerprint density at radius 3 is 1.94 bits per heavy atom. The summed E-state index contributed by atoms with van der Waals surface area (Å²) in [6.45, 7) is 19.9. The highest BCUT2D eigenvalue weighted by Crippen LogP contribution is 2.33. The molecule has 0 spiro atoms. The Hall–Kier alpha value is 0.354. The topological polar surface area (TPSA) is 21.3 Å². The lowest BCUT2D eigenvalue weighted by Gasteiger charge is -2.45. The van der Waals surface area contributed by atoms with Crippen molar-refractivity contribution in [2.24, 2.45) is 5.92 Å². The molecule has 0 saturated heterocycles. The Morgan fingerprint density at radius 1 is 1.12 bits per heavy atom. The molecular formula is C13H33NOSi2. The van der Waals surface area contributed by atoms with E-state index in [4.69, 9.17) is 4.43 Å². The highest BCUT2D eigenvalue weighted by molar-refractivity contribution is 6.81. The van der Waals surface area contributed by atoms with Gasteiger partial charge in [-0.05, 0) is 53.0 Å².